The molecule has 2 aliphatic heterocycles. The fourth-order valence-corrected chi connectivity index (χ4v) is 3.34. The highest BCUT2D eigenvalue weighted by atomic mass is 16.7. The Morgan fingerprint density at radius 1 is 0.750 bits per heavy atom. The molecule has 6 nitrogen and oxygen atoms in total. The first-order valence-corrected chi connectivity index (χ1v) is 7.41. The van der Waals surface area contributed by atoms with Gasteiger partial charge in [-0.15, -0.1) is 0 Å². The predicted octanol–water partition coefficient (Wildman–Crippen LogP) is 2.02. The zero-order chi connectivity index (χ0) is 17.3. The minimum Gasteiger partial charge on any atom is -0.425 e. The van der Waals surface area contributed by atoms with Crippen LogP contribution in [-0.4, -0.2) is 22.2 Å². The highest BCUT2D eigenvalue weighted by Gasteiger charge is 2.45. The average Bonchev–Trinajstić information content (AvgIpc) is 2.89. The quantitative estimate of drug-likeness (QED) is 0.779. The average molecular weight is 326 g/mol. The van der Waals surface area contributed by atoms with E-state index in [4.69, 9.17) is 9.47 Å². The minimum atomic E-state index is -1.72. The molecule has 0 bridgehead atoms. The summed E-state index contributed by atoms with van der Waals surface area (Å²) >= 11 is 0. The molecule has 2 unspecified atom stereocenters. The molecule has 0 aliphatic carbocycles. The van der Waals surface area contributed by atoms with E-state index in [1.807, 2.05) is 0 Å². The van der Waals surface area contributed by atoms with Gasteiger partial charge in [0, 0.05) is 25.0 Å². The molecule has 24 heavy (non-hydrogen) atoms. The van der Waals surface area contributed by atoms with Crippen molar-refractivity contribution in [3.8, 4) is 11.1 Å². The second-order valence-corrected chi connectivity index (χ2v) is 6.20. The normalized spacial score (nSPS) is 27.5. The molecule has 2 aliphatic rings. The van der Waals surface area contributed by atoms with Gasteiger partial charge in [-0.25, -0.2) is 9.59 Å². The van der Waals surface area contributed by atoms with E-state index < -0.39 is 23.5 Å². The number of ether oxygens (including phenoxy) is 2. The van der Waals surface area contributed by atoms with E-state index in [0.29, 0.717) is 22.3 Å². The number of esters is 2. The molecule has 122 valence electrons. The number of carbonyl (C=O) groups excluding carboxylic acids is 2. The van der Waals surface area contributed by atoms with E-state index in [9.17, 15) is 19.8 Å². The van der Waals surface area contributed by atoms with Gasteiger partial charge in [0.25, 0.3) is 0 Å². The third-order valence-electron chi connectivity index (χ3n) is 4.41. The Balaban J connectivity index is 2.02. The van der Waals surface area contributed by atoms with E-state index in [0.717, 1.165) is 0 Å². The van der Waals surface area contributed by atoms with Crippen molar-refractivity contribution < 1.29 is 29.3 Å². The summed E-state index contributed by atoms with van der Waals surface area (Å²) < 4.78 is 10.0. The van der Waals surface area contributed by atoms with Crippen LogP contribution in [0.2, 0.25) is 0 Å². The fraction of sp³-hybridized carbons (Fsp3) is 0.222. The van der Waals surface area contributed by atoms with Gasteiger partial charge in [0.15, 0.2) is 0 Å². The van der Waals surface area contributed by atoms with Crippen LogP contribution in [0.3, 0.4) is 0 Å². The molecule has 0 saturated heterocycles. The molecule has 0 fully saturated rings. The van der Waals surface area contributed by atoms with Crippen LogP contribution >= 0.6 is 0 Å². The molecule has 2 aromatic carbocycles. The number of benzene rings is 2. The number of cyclic esters (lactones) is 2. The summed E-state index contributed by atoms with van der Waals surface area (Å²) in [4.78, 5) is 24.5. The Morgan fingerprint density at radius 2 is 1.12 bits per heavy atom. The van der Waals surface area contributed by atoms with E-state index in [2.05, 4.69) is 0 Å². The van der Waals surface area contributed by atoms with Crippen LogP contribution in [0.15, 0.2) is 36.4 Å². The lowest BCUT2D eigenvalue weighted by molar-refractivity contribution is -0.148. The van der Waals surface area contributed by atoms with Crippen LogP contribution in [0.5, 0.6) is 0 Å². The van der Waals surface area contributed by atoms with Crippen molar-refractivity contribution in [2.24, 2.45) is 0 Å². The third kappa shape index (κ3) is 1.84. The lowest BCUT2D eigenvalue weighted by Crippen LogP contribution is -2.20. The Labute approximate surface area is 137 Å². The molecule has 2 heterocycles. The van der Waals surface area contributed by atoms with Crippen molar-refractivity contribution >= 4 is 11.9 Å². The number of hydrogen-bond acceptors (Lipinski definition) is 6. The largest absolute Gasteiger partial charge is 0.425 e. The van der Waals surface area contributed by atoms with Crippen LogP contribution in [0, 0.1) is 0 Å². The van der Waals surface area contributed by atoms with Crippen LogP contribution in [0.25, 0.3) is 11.1 Å². The molecule has 2 atom stereocenters. The zero-order valence-electron chi connectivity index (χ0n) is 13.0. The van der Waals surface area contributed by atoms with Crippen LogP contribution in [-0.2, 0) is 21.0 Å². The van der Waals surface area contributed by atoms with E-state index >= 15 is 0 Å². The van der Waals surface area contributed by atoms with Crippen molar-refractivity contribution in [1.82, 2.24) is 0 Å². The van der Waals surface area contributed by atoms with Gasteiger partial charge < -0.3 is 19.7 Å². The molecular formula is C18H14O6. The number of rotatable bonds is 1. The first-order valence-electron chi connectivity index (χ1n) is 7.41. The van der Waals surface area contributed by atoms with Gasteiger partial charge >= 0.3 is 11.9 Å². The summed E-state index contributed by atoms with van der Waals surface area (Å²) in [6.45, 7) is 2.77. The summed E-state index contributed by atoms with van der Waals surface area (Å²) in [7, 11) is 0. The molecule has 0 saturated carbocycles. The summed E-state index contributed by atoms with van der Waals surface area (Å²) in [5, 5.41) is 20.5. The van der Waals surface area contributed by atoms with Crippen molar-refractivity contribution in [3.05, 3.63) is 58.7 Å². The van der Waals surface area contributed by atoms with Gasteiger partial charge in [-0.05, 0) is 11.1 Å². The first-order chi connectivity index (χ1) is 11.2. The SMILES string of the molecule is CC1(O)OC(=O)c2c(-c3cccc4c3C(=O)OC4(C)O)cccc21. The monoisotopic (exact) mass is 326 g/mol. The van der Waals surface area contributed by atoms with Gasteiger partial charge in [-0.1, -0.05) is 36.4 Å². The molecule has 0 radical (unpaired) electrons. The lowest BCUT2D eigenvalue weighted by atomic mass is 9.89. The maximum absolute atomic E-state index is 12.2. The molecule has 2 aromatic rings. The Hall–Kier alpha value is -2.70. The maximum atomic E-state index is 12.2. The molecular weight excluding hydrogens is 312 g/mol. The lowest BCUT2D eigenvalue weighted by Gasteiger charge is -2.16. The molecule has 0 aromatic heterocycles. The summed E-state index contributed by atoms with van der Waals surface area (Å²) in [5.41, 5.74) is 1.97. The van der Waals surface area contributed by atoms with Gasteiger partial charge in [-0.2, -0.15) is 0 Å². The van der Waals surface area contributed by atoms with Gasteiger partial charge in [0.2, 0.25) is 11.6 Å². The van der Waals surface area contributed by atoms with Crippen molar-refractivity contribution in [3.63, 3.8) is 0 Å². The summed E-state index contributed by atoms with van der Waals surface area (Å²) in [6.07, 6.45) is 0. The standard InChI is InChI=1S/C18H14O6/c1-17(21)11-7-3-5-9(13(11)15(19)23-17)10-6-4-8-12-14(10)16(20)24-18(12,2)22/h3-8,21-22H,1-2H3. The second-order valence-electron chi connectivity index (χ2n) is 6.20. The molecule has 0 spiro atoms. The van der Waals surface area contributed by atoms with Gasteiger partial charge in [0.1, 0.15) is 0 Å². The Morgan fingerprint density at radius 3 is 1.50 bits per heavy atom. The van der Waals surface area contributed by atoms with Crippen molar-refractivity contribution in [2.45, 2.75) is 25.4 Å². The highest BCUT2D eigenvalue weighted by Crippen LogP contribution is 2.44. The second kappa shape index (κ2) is 4.43. The van der Waals surface area contributed by atoms with E-state index in [1.165, 1.54) is 13.8 Å². The molecule has 2 N–H and O–H groups in total. The maximum Gasteiger partial charge on any atom is 0.342 e. The summed E-state index contributed by atoms with van der Waals surface area (Å²) in [5.74, 6) is -4.76. The van der Waals surface area contributed by atoms with Crippen molar-refractivity contribution in [2.75, 3.05) is 0 Å². The molecule has 6 heteroatoms. The molecule has 0 amide bonds. The predicted molar refractivity (Wildman–Crippen MR) is 81.9 cm³/mol. The first kappa shape index (κ1) is 14.9. The smallest absolute Gasteiger partial charge is 0.342 e. The van der Waals surface area contributed by atoms with Crippen LogP contribution < -0.4 is 0 Å². The summed E-state index contributed by atoms with van der Waals surface area (Å²) in [6, 6.07) is 9.86. The molecule has 4 rings (SSSR count). The number of fused-ring (bicyclic) bond motifs is 2. The van der Waals surface area contributed by atoms with E-state index in [1.54, 1.807) is 36.4 Å². The number of hydrogen-bond donors (Lipinski definition) is 2. The van der Waals surface area contributed by atoms with Crippen molar-refractivity contribution in [1.29, 1.82) is 0 Å². The zero-order valence-corrected chi connectivity index (χ0v) is 13.0. The number of aliphatic hydroxyl groups is 2. The van der Waals surface area contributed by atoms with Crippen LogP contribution in [0.1, 0.15) is 45.7 Å². The minimum absolute atomic E-state index is 0.204. The van der Waals surface area contributed by atoms with Gasteiger partial charge in [-0.3, -0.25) is 0 Å². The highest BCUT2D eigenvalue weighted by molar-refractivity contribution is 6.07. The Bertz CT molecular complexity index is 834. The van der Waals surface area contributed by atoms with Crippen LogP contribution in [0.4, 0.5) is 0 Å². The van der Waals surface area contributed by atoms with E-state index in [-0.39, 0.29) is 11.1 Å². The topological polar surface area (TPSA) is 93.1 Å². The van der Waals surface area contributed by atoms with Gasteiger partial charge in [0.05, 0.1) is 11.1 Å². The fourth-order valence-electron chi connectivity index (χ4n) is 3.34. The Kier molecular flexibility index (Phi) is 2.75. The number of carbonyl (C=O) groups is 2. The third-order valence-corrected chi connectivity index (χ3v) is 4.41.